The quantitative estimate of drug-likeness (QED) is 0.778. The zero-order valence-corrected chi connectivity index (χ0v) is 12.8. The van der Waals surface area contributed by atoms with Gasteiger partial charge in [0.15, 0.2) is 0 Å². The lowest BCUT2D eigenvalue weighted by Crippen LogP contribution is -2.50. The van der Waals surface area contributed by atoms with Gasteiger partial charge in [-0.2, -0.15) is 0 Å². The number of hydrogen-bond acceptors (Lipinski definition) is 3. The van der Waals surface area contributed by atoms with Crippen molar-refractivity contribution in [3.05, 3.63) is 0 Å². The first-order chi connectivity index (χ1) is 9.54. The lowest BCUT2D eigenvalue weighted by Gasteiger charge is -2.40. The van der Waals surface area contributed by atoms with Crippen molar-refractivity contribution < 1.29 is 14.3 Å². The van der Waals surface area contributed by atoms with E-state index in [1.54, 1.807) is 6.92 Å². The van der Waals surface area contributed by atoms with E-state index in [0.29, 0.717) is 12.8 Å². The number of Topliss-reactive ketones (excluding diaryl/α,β-unsaturated/α-hetero) is 1. The van der Waals surface area contributed by atoms with Crippen LogP contribution in [0.4, 0.5) is 0 Å². The first-order valence-electron chi connectivity index (χ1n) is 8.00. The smallest absolute Gasteiger partial charge is 0.222 e. The summed E-state index contributed by atoms with van der Waals surface area (Å²) in [6.45, 7) is 5.31. The van der Waals surface area contributed by atoms with E-state index >= 15 is 0 Å². The topological polar surface area (TPSA) is 46.6 Å². The second-order valence-corrected chi connectivity index (χ2v) is 6.37. The molecule has 0 aliphatic carbocycles. The number of hydrogen-bond donors (Lipinski definition) is 0. The molecule has 1 spiro atoms. The summed E-state index contributed by atoms with van der Waals surface area (Å²) >= 11 is 0. The zero-order valence-electron chi connectivity index (χ0n) is 12.8. The van der Waals surface area contributed by atoms with Gasteiger partial charge in [0.2, 0.25) is 5.91 Å². The van der Waals surface area contributed by atoms with Gasteiger partial charge in [-0.25, -0.2) is 0 Å². The third-order valence-corrected chi connectivity index (χ3v) is 4.51. The highest BCUT2D eigenvalue weighted by Crippen LogP contribution is 2.39. The van der Waals surface area contributed by atoms with Crippen molar-refractivity contribution in [3.63, 3.8) is 0 Å². The van der Waals surface area contributed by atoms with E-state index in [1.807, 2.05) is 11.8 Å². The van der Waals surface area contributed by atoms with E-state index in [1.165, 1.54) is 0 Å². The van der Waals surface area contributed by atoms with Gasteiger partial charge in [0.1, 0.15) is 5.78 Å². The molecule has 2 saturated heterocycles. The zero-order chi connectivity index (χ0) is 14.6. The molecule has 0 unspecified atom stereocenters. The maximum absolute atomic E-state index is 12.1. The molecule has 2 fully saturated rings. The van der Waals surface area contributed by atoms with Crippen LogP contribution in [0.1, 0.15) is 65.2 Å². The lowest BCUT2D eigenvalue weighted by atomic mass is 9.89. The average Bonchev–Trinajstić information content (AvgIpc) is 2.80. The molecule has 2 aliphatic heterocycles. The minimum atomic E-state index is -0.122. The van der Waals surface area contributed by atoms with E-state index in [-0.39, 0.29) is 23.4 Å². The molecule has 0 N–H and O–H groups in total. The van der Waals surface area contributed by atoms with Crippen LogP contribution < -0.4 is 0 Å². The Morgan fingerprint density at radius 3 is 2.80 bits per heavy atom. The fourth-order valence-corrected chi connectivity index (χ4v) is 3.45. The van der Waals surface area contributed by atoms with Crippen molar-refractivity contribution in [1.82, 2.24) is 4.90 Å². The van der Waals surface area contributed by atoms with Crippen LogP contribution in [-0.4, -0.2) is 41.4 Å². The van der Waals surface area contributed by atoms with Crippen molar-refractivity contribution >= 4 is 11.7 Å². The summed E-state index contributed by atoms with van der Waals surface area (Å²) < 4.78 is 6.25. The highest BCUT2D eigenvalue weighted by Gasteiger charge is 2.43. The molecule has 0 aromatic rings. The van der Waals surface area contributed by atoms with Crippen LogP contribution in [0.5, 0.6) is 0 Å². The number of ether oxygens (including phenoxy) is 1. The molecule has 2 atom stereocenters. The van der Waals surface area contributed by atoms with Crippen LogP contribution >= 0.6 is 0 Å². The lowest BCUT2D eigenvalue weighted by molar-refractivity contribution is -0.142. The standard InChI is InChI=1S/C16H27NO3/c1-3-5-15(19)17-11-4-9-16(12-17)10-8-14(20-16)7-6-13(2)18/h14H,3-12H2,1-2H3/t14-,16-/m0/s1. The number of rotatable bonds is 5. The molecule has 0 bridgehead atoms. The highest BCUT2D eigenvalue weighted by molar-refractivity contribution is 5.76. The minimum absolute atomic E-state index is 0.122. The molecule has 20 heavy (non-hydrogen) atoms. The summed E-state index contributed by atoms with van der Waals surface area (Å²) in [5.74, 6) is 0.500. The number of ketones is 1. The number of piperidine rings is 1. The number of amides is 1. The summed E-state index contributed by atoms with van der Waals surface area (Å²) in [7, 11) is 0. The van der Waals surface area contributed by atoms with Gasteiger partial charge in [0.25, 0.3) is 0 Å². The Hall–Kier alpha value is -0.900. The van der Waals surface area contributed by atoms with Gasteiger partial charge >= 0.3 is 0 Å². The molecule has 1 amide bonds. The predicted molar refractivity (Wildman–Crippen MR) is 77.5 cm³/mol. The van der Waals surface area contributed by atoms with E-state index in [9.17, 15) is 9.59 Å². The van der Waals surface area contributed by atoms with Crippen molar-refractivity contribution in [2.24, 2.45) is 0 Å². The second-order valence-electron chi connectivity index (χ2n) is 6.37. The Balaban J connectivity index is 1.88. The molecule has 0 aromatic heterocycles. The van der Waals surface area contributed by atoms with Crippen LogP contribution in [0.2, 0.25) is 0 Å². The second kappa shape index (κ2) is 6.70. The van der Waals surface area contributed by atoms with Crippen molar-refractivity contribution in [1.29, 1.82) is 0 Å². The fourth-order valence-electron chi connectivity index (χ4n) is 3.45. The first-order valence-corrected chi connectivity index (χ1v) is 8.00. The Labute approximate surface area is 121 Å². The van der Waals surface area contributed by atoms with Crippen LogP contribution in [-0.2, 0) is 14.3 Å². The summed E-state index contributed by atoms with van der Waals surface area (Å²) in [6, 6.07) is 0. The van der Waals surface area contributed by atoms with Crippen molar-refractivity contribution in [2.75, 3.05) is 13.1 Å². The monoisotopic (exact) mass is 281 g/mol. The van der Waals surface area contributed by atoms with Crippen LogP contribution in [0.25, 0.3) is 0 Å². The number of carbonyl (C=O) groups is 2. The van der Waals surface area contributed by atoms with Gasteiger partial charge in [-0.05, 0) is 45.4 Å². The molecule has 0 radical (unpaired) electrons. The Kier molecular flexibility index (Phi) is 5.19. The van der Waals surface area contributed by atoms with Crippen LogP contribution in [0, 0.1) is 0 Å². The largest absolute Gasteiger partial charge is 0.370 e. The molecular weight excluding hydrogens is 254 g/mol. The molecule has 114 valence electrons. The van der Waals surface area contributed by atoms with Gasteiger partial charge < -0.3 is 14.4 Å². The number of carbonyl (C=O) groups excluding carboxylic acids is 2. The van der Waals surface area contributed by atoms with Crippen molar-refractivity contribution in [3.8, 4) is 0 Å². The maximum atomic E-state index is 12.1. The van der Waals surface area contributed by atoms with Gasteiger partial charge in [-0.15, -0.1) is 0 Å². The molecule has 0 aromatic carbocycles. The third kappa shape index (κ3) is 3.81. The first kappa shape index (κ1) is 15.5. The SMILES string of the molecule is CCCC(=O)N1CCC[C@]2(CC[C@H](CCC(C)=O)O2)C1. The number of nitrogens with zero attached hydrogens (tertiary/aromatic N) is 1. The molecule has 2 heterocycles. The fraction of sp³-hybridized carbons (Fsp3) is 0.875. The van der Waals surface area contributed by atoms with Gasteiger partial charge in [0, 0.05) is 25.9 Å². The maximum Gasteiger partial charge on any atom is 0.222 e. The Bertz CT molecular complexity index is 369. The Morgan fingerprint density at radius 1 is 1.30 bits per heavy atom. The van der Waals surface area contributed by atoms with E-state index < -0.39 is 0 Å². The molecule has 0 saturated carbocycles. The van der Waals surface area contributed by atoms with Gasteiger partial charge in [0.05, 0.1) is 11.7 Å². The van der Waals surface area contributed by atoms with Crippen LogP contribution in [0.15, 0.2) is 0 Å². The van der Waals surface area contributed by atoms with E-state index in [4.69, 9.17) is 4.74 Å². The molecule has 2 aliphatic rings. The normalized spacial score (nSPS) is 29.9. The summed E-state index contributed by atoms with van der Waals surface area (Å²) in [5.41, 5.74) is -0.122. The highest BCUT2D eigenvalue weighted by atomic mass is 16.5. The minimum Gasteiger partial charge on any atom is -0.370 e. The summed E-state index contributed by atoms with van der Waals surface area (Å²) in [6.07, 6.45) is 7.36. The summed E-state index contributed by atoms with van der Waals surface area (Å²) in [5, 5.41) is 0. The van der Waals surface area contributed by atoms with Gasteiger partial charge in [-0.3, -0.25) is 4.79 Å². The molecular formula is C16H27NO3. The molecule has 4 heteroatoms. The van der Waals surface area contributed by atoms with E-state index in [0.717, 1.165) is 51.6 Å². The van der Waals surface area contributed by atoms with Gasteiger partial charge in [-0.1, -0.05) is 6.92 Å². The van der Waals surface area contributed by atoms with Crippen LogP contribution in [0.3, 0.4) is 0 Å². The number of likely N-dealkylation sites (tertiary alicyclic amines) is 1. The predicted octanol–water partition coefficient (Wildman–Crippen LogP) is 2.70. The summed E-state index contributed by atoms with van der Waals surface area (Å²) in [4.78, 5) is 25.1. The van der Waals surface area contributed by atoms with Crippen molar-refractivity contribution in [2.45, 2.75) is 76.9 Å². The molecule has 4 nitrogen and oxygen atoms in total. The van der Waals surface area contributed by atoms with E-state index in [2.05, 4.69) is 0 Å². The third-order valence-electron chi connectivity index (χ3n) is 4.51. The average molecular weight is 281 g/mol. The Morgan fingerprint density at radius 2 is 2.10 bits per heavy atom. The molecule has 2 rings (SSSR count).